The number of ether oxygens (including phenoxy) is 2. The number of para-hydroxylation sites is 3. The highest BCUT2D eigenvalue weighted by Crippen LogP contribution is 2.23. The standard InChI is InChI=1S/C23H30N2O4/c1-4-16-25(17-22(26)24-19-11-7-9-13-21(19)28-3)23(27)15-14-18-10-6-8-12-20(18)29-5-2/h6-13H,4-5,14-17H2,1-3H3,(H,24,26). The van der Waals surface area contributed by atoms with E-state index in [-0.39, 0.29) is 18.4 Å². The Morgan fingerprint density at radius 3 is 2.38 bits per heavy atom. The van der Waals surface area contributed by atoms with Gasteiger partial charge in [-0.05, 0) is 43.5 Å². The first-order valence-corrected chi connectivity index (χ1v) is 10.00. The van der Waals surface area contributed by atoms with Crippen molar-refractivity contribution in [2.45, 2.75) is 33.1 Å². The van der Waals surface area contributed by atoms with E-state index in [0.29, 0.717) is 37.4 Å². The van der Waals surface area contributed by atoms with Gasteiger partial charge in [0, 0.05) is 13.0 Å². The van der Waals surface area contributed by atoms with Crippen molar-refractivity contribution in [3.63, 3.8) is 0 Å². The van der Waals surface area contributed by atoms with Crippen molar-refractivity contribution in [2.24, 2.45) is 0 Å². The molecule has 0 saturated heterocycles. The Labute approximate surface area is 172 Å². The van der Waals surface area contributed by atoms with E-state index < -0.39 is 0 Å². The van der Waals surface area contributed by atoms with Crippen LogP contribution in [0.25, 0.3) is 0 Å². The largest absolute Gasteiger partial charge is 0.495 e. The van der Waals surface area contributed by atoms with Crippen molar-refractivity contribution in [2.75, 3.05) is 32.1 Å². The molecule has 0 bridgehead atoms. The first kappa shape index (κ1) is 22.3. The zero-order valence-electron chi connectivity index (χ0n) is 17.4. The molecule has 0 aromatic heterocycles. The smallest absolute Gasteiger partial charge is 0.244 e. The molecule has 0 aliphatic rings. The average Bonchev–Trinajstić information content (AvgIpc) is 2.73. The molecule has 6 heteroatoms. The van der Waals surface area contributed by atoms with Gasteiger partial charge in [-0.1, -0.05) is 37.3 Å². The zero-order chi connectivity index (χ0) is 21.1. The molecule has 2 aromatic carbocycles. The number of hydrogen-bond donors (Lipinski definition) is 1. The van der Waals surface area contributed by atoms with Gasteiger partial charge in [-0.25, -0.2) is 0 Å². The van der Waals surface area contributed by atoms with Crippen molar-refractivity contribution in [3.05, 3.63) is 54.1 Å². The molecule has 0 aliphatic heterocycles. The number of carbonyl (C=O) groups excluding carboxylic acids is 2. The van der Waals surface area contributed by atoms with Crippen LogP contribution in [0, 0.1) is 0 Å². The van der Waals surface area contributed by atoms with Crippen LogP contribution in [0.5, 0.6) is 11.5 Å². The van der Waals surface area contributed by atoms with Gasteiger partial charge in [0.25, 0.3) is 0 Å². The van der Waals surface area contributed by atoms with E-state index in [1.807, 2.05) is 50.2 Å². The summed E-state index contributed by atoms with van der Waals surface area (Å²) in [4.78, 5) is 26.9. The number of amides is 2. The van der Waals surface area contributed by atoms with Gasteiger partial charge in [0.15, 0.2) is 0 Å². The number of nitrogens with zero attached hydrogens (tertiary/aromatic N) is 1. The number of hydrogen-bond acceptors (Lipinski definition) is 4. The van der Waals surface area contributed by atoms with Gasteiger partial charge in [0.1, 0.15) is 11.5 Å². The van der Waals surface area contributed by atoms with Gasteiger partial charge in [-0.15, -0.1) is 0 Å². The van der Waals surface area contributed by atoms with E-state index in [2.05, 4.69) is 5.32 Å². The van der Waals surface area contributed by atoms with Crippen molar-refractivity contribution in [1.82, 2.24) is 4.90 Å². The molecule has 0 saturated carbocycles. The van der Waals surface area contributed by atoms with Crippen LogP contribution < -0.4 is 14.8 Å². The quantitative estimate of drug-likeness (QED) is 0.623. The lowest BCUT2D eigenvalue weighted by atomic mass is 10.1. The normalized spacial score (nSPS) is 10.3. The number of benzene rings is 2. The minimum atomic E-state index is -0.244. The summed E-state index contributed by atoms with van der Waals surface area (Å²) in [7, 11) is 1.55. The van der Waals surface area contributed by atoms with Crippen LogP contribution in [-0.2, 0) is 16.0 Å². The van der Waals surface area contributed by atoms with Gasteiger partial charge in [0.05, 0.1) is 25.9 Å². The van der Waals surface area contributed by atoms with Crippen LogP contribution in [-0.4, -0.2) is 43.5 Å². The highest BCUT2D eigenvalue weighted by molar-refractivity contribution is 5.95. The van der Waals surface area contributed by atoms with Crippen LogP contribution in [0.15, 0.2) is 48.5 Å². The molecule has 6 nitrogen and oxygen atoms in total. The van der Waals surface area contributed by atoms with Crippen molar-refractivity contribution < 1.29 is 19.1 Å². The van der Waals surface area contributed by atoms with Crippen LogP contribution in [0.1, 0.15) is 32.3 Å². The number of methoxy groups -OCH3 is 1. The number of aryl methyl sites for hydroxylation is 1. The molecule has 0 radical (unpaired) electrons. The van der Waals surface area contributed by atoms with Crippen molar-refractivity contribution in [1.29, 1.82) is 0 Å². The Morgan fingerprint density at radius 1 is 1.00 bits per heavy atom. The van der Waals surface area contributed by atoms with Crippen molar-refractivity contribution in [3.8, 4) is 11.5 Å². The predicted molar refractivity (Wildman–Crippen MR) is 114 cm³/mol. The third-order valence-electron chi connectivity index (χ3n) is 4.44. The number of anilines is 1. The van der Waals surface area contributed by atoms with Gasteiger partial charge in [0.2, 0.25) is 11.8 Å². The minimum absolute atomic E-state index is 0.0117. The third-order valence-corrected chi connectivity index (χ3v) is 4.44. The molecular weight excluding hydrogens is 368 g/mol. The molecule has 2 aromatic rings. The average molecular weight is 399 g/mol. The SMILES string of the molecule is CCCN(CC(=O)Nc1ccccc1OC)C(=O)CCc1ccccc1OCC. The van der Waals surface area contributed by atoms with E-state index >= 15 is 0 Å². The maximum atomic E-state index is 12.8. The highest BCUT2D eigenvalue weighted by Gasteiger charge is 2.18. The summed E-state index contributed by atoms with van der Waals surface area (Å²) in [6, 6.07) is 14.9. The third kappa shape index (κ3) is 6.82. The maximum Gasteiger partial charge on any atom is 0.244 e. The summed E-state index contributed by atoms with van der Waals surface area (Å²) in [6.45, 7) is 5.05. The summed E-state index contributed by atoms with van der Waals surface area (Å²) in [6.07, 6.45) is 1.68. The van der Waals surface area contributed by atoms with E-state index in [4.69, 9.17) is 9.47 Å². The van der Waals surface area contributed by atoms with E-state index in [1.165, 1.54) is 0 Å². The van der Waals surface area contributed by atoms with E-state index in [1.54, 1.807) is 24.1 Å². The van der Waals surface area contributed by atoms with E-state index in [9.17, 15) is 9.59 Å². The molecule has 0 unspecified atom stereocenters. The lowest BCUT2D eigenvalue weighted by molar-refractivity contribution is -0.134. The molecule has 2 rings (SSSR count). The number of carbonyl (C=O) groups is 2. The topological polar surface area (TPSA) is 67.9 Å². The minimum Gasteiger partial charge on any atom is -0.495 e. The molecule has 0 aliphatic carbocycles. The maximum absolute atomic E-state index is 12.8. The Balaban J connectivity index is 1.97. The lowest BCUT2D eigenvalue weighted by Crippen LogP contribution is -2.38. The molecule has 1 N–H and O–H groups in total. The van der Waals surface area contributed by atoms with Crippen LogP contribution in [0.4, 0.5) is 5.69 Å². The van der Waals surface area contributed by atoms with Gasteiger partial charge < -0.3 is 19.7 Å². The summed E-state index contributed by atoms with van der Waals surface area (Å²) in [5.74, 6) is 1.10. The van der Waals surface area contributed by atoms with Gasteiger partial charge in [-0.2, -0.15) is 0 Å². The van der Waals surface area contributed by atoms with Crippen LogP contribution in [0.2, 0.25) is 0 Å². The molecule has 0 atom stereocenters. The number of rotatable bonds is 11. The first-order chi connectivity index (χ1) is 14.1. The van der Waals surface area contributed by atoms with Crippen molar-refractivity contribution >= 4 is 17.5 Å². The molecule has 0 spiro atoms. The predicted octanol–water partition coefficient (Wildman–Crippen LogP) is 3.90. The summed E-state index contributed by atoms with van der Waals surface area (Å²) < 4.78 is 10.9. The molecular formula is C23H30N2O4. The molecule has 0 fully saturated rings. The second kappa shape index (κ2) is 11.7. The van der Waals surface area contributed by atoms with Gasteiger partial charge in [-0.3, -0.25) is 9.59 Å². The monoisotopic (exact) mass is 398 g/mol. The molecule has 2 amide bonds. The number of nitrogens with one attached hydrogen (secondary N) is 1. The fourth-order valence-corrected chi connectivity index (χ4v) is 3.08. The highest BCUT2D eigenvalue weighted by atomic mass is 16.5. The lowest BCUT2D eigenvalue weighted by Gasteiger charge is -2.22. The fraction of sp³-hybridized carbons (Fsp3) is 0.391. The zero-order valence-corrected chi connectivity index (χ0v) is 17.4. The molecule has 29 heavy (non-hydrogen) atoms. The molecule has 0 heterocycles. The second-order valence-electron chi connectivity index (χ2n) is 6.60. The summed E-state index contributed by atoms with van der Waals surface area (Å²) in [5.41, 5.74) is 1.59. The Bertz CT molecular complexity index is 807. The second-order valence-corrected chi connectivity index (χ2v) is 6.60. The first-order valence-electron chi connectivity index (χ1n) is 10.00. The van der Waals surface area contributed by atoms with Crippen LogP contribution >= 0.6 is 0 Å². The summed E-state index contributed by atoms with van der Waals surface area (Å²) in [5, 5.41) is 2.83. The fourth-order valence-electron chi connectivity index (χ4n) is 3.08. The summed E-state index contributed by atoms with van der Waals surface area (Å²) >= 11 is 0. The van der Waals surface area contributed by atoms with Crippen LogP contribution in [0.3, 0.4) is 0 Å². The Morgan fingerprint density at radius 2 is 1.69 bits per heavy atom. The Hall–Kier alpha value is -3.02. The molecule has 156 valence electrons. The Kier molecular flexibility index (Phi) is 9.02. The van der Waals surface area contributed by atoms with Gasteiger partial charge >= 0.3 is 0 Å². The van der Waals surface area contributed by atoms with E-state index in [0.717, 1.165) is 17.7 Å².